The van der Waals surface area contributed by atoms with Gasteiger partial charge in [0.2, 0.25) is 0 Å². The van der Waals surface area contributed by atoms with Crippen molar-refractivity contribution in [2.75, 3.05) is 20.3 Å². The Morgan fingerprint density at radius 3 is 2.71 bits per heavy atom. The molecule has 0 spiro atoms. The summed E-state index contributed by atoms with van der Waals surface area (Å²) in [7, 11) is -0.266. The van der Waals surface area contributed by atoms with Crippen molar-refractivity contribution in [3.63, 3.8) is 0 Å². The number of methoxy groups -OCH3 is 1. The zero-order chi connectivity index (χ0) is 25.3. The van der Waals surface area contributed by atoms with E-state index in [1.807, 2.05) is 26.8 Å². The minimum atomic E-state index is -1.80. The van der Waals surface area contributed by atoms with E-state index in [-0.39, 0.29) is 36.0 Å². The summed E-state index contributed by atoms with van der Waals surface area (Å²) < 4.78 is 10.5. The molecular weight excluding hydrogens is 437 g/mol. The summed E-state index contributed by atoms with van der Waals surface area (Å²) >= 11 is 0. The largest absolute Gasteiger partial charge is 0.497 e. The van der Waals surface area contributed by atoms with Crippen molar-refractivity contribution in [2.45, 2.75) is 58.4 Å². The van der Waals surface area contributed by atoms with Crippen LogP contribution < -0.4 is 10.1 Å². The number of allylic oxidation sites excluding steroid dienone is 1. The molecule has 0 unspecified atom stereocenters. The Morgan fingerprint density at radius 2 is 2.09 bits per heavy atom. The van der Waals surface area contributed by atoms with Crippen LogP contribution in [-0.2, 0) is 16.0 Å². The number of carbonyl (C=O) groups excluding carboxylic acids is 2. The monoisotopic (exact) mass is 471 g/mol. The Bertz CT molecular complexity index is 922. The lowest BCUT2D eigenvalue weighted by atomic mass is 9.76. The second kappa shape index (κ2) is 12.4. The predicted molar refractivity (Wildman–Crippen MR) is 128 cm³/mol. The predicted octanol–water partition coefficient (Wildman–Crippen LogP) is 2.22. The van der Waals surface area contributed by atoms with Crippen molar-refractivity contribution in [3.05, 3.63) is 41.5 Å². The van der Waals surface area contributed by atoms with Crippen molar-refractivity contribution in [3.8, 4) is 11.8 Å². The van der Waals surface area contributed by atoms with Crippen LogP contribution in [0.4, 0.5) is 4.79 Å². The zero-order valence-electron chi connectivity index (χ0n) is 20.3. The third-order valence-corrected chi connectivity index (χ3v) is 5.48. The van der Waals surface area contributed by atoms with Gasteiger partial charge in [0.15, 0.2) is 0 Å². The van der Waals surface area contributed by atoms with Gasteiger partial charge in [0.1, 0.15) is 24.0 Å². The standard InChI is InChI=1S/C24H34BN3O6/c1-24(2,3)14-18(15-26)22(29)28-11-6-5-9-19(28)16-34-23(30)27-21(25(31)32)13-17-8-7-10-20(12-17)33-4/h7-8,10,12,14,19,21,31-32H,5-6,9,11,13,16H2,1-4H3,(H,27,30)/b18-14+/t19-,21+/m1/s1. The van der Waals surface area contributed by atoms with Crippen molar-refractivity contribution in [1.82, 2.24) is 10.2 Å². The van der Waals surface area contributed by atoms with E-state index in [2.05, 4.69) is 5.32 Å². The van der Waals surface area contributed by atoms with Crippen LogP contribution in [0, 0.1) is 16.7 Å². The van der Waals surface area contributed by atoms with Gasteiger partial charge in [-0.2, -0.15) is 5.26 Å². The average Bonchev–Trinajstić information content (AvgIpc) is 2.80. The molecule has 1 aromatic rings. The molecule has 0 radical (unpaired) electrons. The molecule has 2 rings (SSSR count). The van der Waals surface area contributed by atoms with Crippen LogP contribution in [0.1, 0.15) is 45.6 Å². The third-order valence-electron chi connectivity index (χ3n) is 5.48. The summed E-state index contributed by atoms with van der Waals surface area (Å²) in [6.07, 6.45) is 3.31. The number of likely N-dealkylation sites (tertiary alicyclic amines) is 1. The van der Waals surface area contributed by atoms with Gasteiger partial charge in [0.25, 0.3) is 5.91 Å². The van der Waals surface area contributed by atoms with Gasteiger partial charge in [-0.3, -0.25) is 4.79 Å². The molecule has 1 heterocycles. The summed E-state index contributed by atoms with van der Waals surface area (Å²) in [6.45, 7) is 6.16. The molecule has 1 aromatic carbocycles. The Labute approximate surface area is 201 Å². The number of nitrogens with one attached hydrogen (secondary N) is 1. The summed E-state index contributed by atoms with van der Waals surface area (Å²) in [6, 6.07) is 8.70. The molecule has 2 atom stereocenters. The molecule has 0 aliphatic carbocycles. The van der Waals surface area contributed by atoms with E-state index in [1.165, 1.54) is 7.11 Å². The van der Waals surface area contributed by atoms with E-state index >= 15 is 0 Å². The van der Waals surface area contributed by atoms with Crippen molar-refractivity contribution >= 4 is 19.1 Å². The highest BCUT2D eigenvalue weighted by Gasteiger charge is 2.31. The number of nitrogens with zero attached hydrogens (tertiary/aromatic N) is 2. The Balaban J connectivity index is 2.00. The van der Waals surface area contributed by atoms with E-state index in [1.54, 1.807) is 35.2 Å². The maximum Gasteiger partial charge on any atom is 0.475 e. The number of rotatable bonds is 8. The molecule has 2 amide bonds. The topological polar surface area (TPSA) is 132 Å². The van der Waals surface area contributed by atoms with Crippen LogP contribution in [0.5, 0.6) is 5.75 Å². The first-order valence-electron chi connectivity index (χ1n) is 11.4. The van der Waals surface area contributed by atoms with Gasteiger partial charge in [-0.1, -0.05) is 39.0 Å². The fourth-order valence-electron chi connectivity index (χ4n) is 3.82. The van der Waals surface area contributed by atoms with Crippen LogP contribution >= 0.6 is 0 Å². The van der Waals surface area contributed by atoms with Gasteiger partial charge >= 0.3 is 13.2 Å². The lowest BCUT2D eigenvalue weighted by Crippen LogP contribution is -2.50. The minimum Gasteiger partial charge on any atom is -0.497 e. The summed E-state index contributed by atoms with van der Waals surface area (Å²) in [5, 5.41) is 31.4. The van der Waals surface area contributed by atoms with Crippen molar-refractivity contribution in [1.29, 1.82) is 5.26 Å². The van der Waals surface area contributed by atoms with Crippen LogP contribution in [0.2, 0.25) is 0 Å². The van der Waals surface area contributed by atoms with Gasteiger partial charge in [0.05, 0.1) is 19.1 Å². The quantitative estimate of drug-likeness (QED) is 0.301. The number of ether oxygens (including phenoxy) is 2. The normalized spacial score (nSPS) is 17.4. The van der Waals surface area contributed by atoms with Crippen molar-refractivity contribution < 1.29 is 29.1 Å². The molecule has 9 nitrogen and oxygen atoms in total. The maximum absolute atomic E-state index is 13.0. The number of nitriles is 1. The lowest BCUT2D eigenvalue weighted by molar-refractivity contribution is -0.131. The van der Waals surface area contributed by atoms with Crippen LogP contribution in [0.3, 0.4) is 0 Å². The second-order valence-electron chi connectivity index (χ2n) is 9.50. The second-order valence-corrected chi connectivity index (χ2v) is 9.50. The average molecular weight is 471 g/mol. The molecule has 0 aromatic heterocycles. The van der Waals surface area contributed by atoms with Crippen LogP contribution in [0.25, 0.3) is 0 Å². The van der Waals surface area contributed by atoms with Crippen LogP contribution in [0.15, 0.2) is 35.9 Å². The highest BCUT2D eigenvalue weighted by Crippen LogP contribution is 2.23. The first-order valence-corrected chi connectivity index (χ1v) is 11.4. The van der Waals surface area contributed by atoms with E-state index in [0.717, 1.165) is 18.4 Å². The number of carbonyl (C=O) groups is 2. The first-order chi connectivity index (χ1) is 16.0. The third kappa shape index (κ3) is 8.39. The number of hydrogen-bond acceptors (Lipinski definition) is 7. The highest BCUT2D eigenvalue weighted by molar-refractivity contribution is 6.43. The molecule has 10 heteroatoms. The molecule has 34 heavy (non-hydrogen) atoms. The number of alkyl carbamates (subject to hydrolysis) is 1. The zero-order valence-corrected chi connectivity index (χ0v) is 20.3. The Hall–Kier alpha value is -3.03. The van der Waals surface area contributed by atoms with Gasteiger partial charge in [-0.05, 0) is 48.8 Å². The van der Waals surface area contributed by atoms with Crippen molar-refractivity contribution in [2.24, 2.45) is 5.41 Å². The van der Waals surface area contributed by atoms with Gasteiger partial charge < -0.3 is 29.7 Å². The van der Waals surface area contributed by atoms with Gasteiger partial charge in [-0.15, -0.1) is 0 Å². The van der Waals surface area contributed by atoms with E-state index in [0.29, 0.717) is 18.7 Å². The van der Waals surface area contributed by atoms with Gasteiger partial charge in [0, 0.05) is 6.54 Å². The lowest BCUT2D eigenvalue weighted by Gasteiger charge is -2.35. The van der Waals surface area contributed by atoms with Crippen LogP contribution in [-0.4, -0.2) is 66.3 Å². The number of amides is 2. The molecule has 1 aliphatic heterocycles. The van der Waals surface area contributed by atoms with E-state index in [4.69, 9.17) is 9.47 Å². The number of piperidine rings is 1. The SMILES string of the molecule is COc1cccc(C[C@H](NC(=O)OC[C@H]2CCCCN2C(=O)/C(C#N)=C/C(C)(C)C)B(O)O)c1. The van der Waals surface area contributed by atoms with E-state index < -0.39 is 19.2 Å². The fraction of sp³-hybridized carbons (Fsp3) is 0.542. The highest BCUT2D eigenvalue weighted by atomic mass is 16.5. The first kappa shape index (κ1) is 27.2. The maximum atomic E-state index is 13.0. The number of benzene rings is 1. The molecule has 184 valence electrons. The molecule has 0 saturated carbocycles. The molecule has 1 aliphatic rings. The smallest absolute Gasteiger partial charge is 0.475 e. The Morgan fingerprint density at radius 1 is 1.35 bits per heavy atom. The summed E-state index contributed by atoms with van der Waals surface area (Å²) in [4.78, 5) is 27.0. The molecule has 1 fully saturated rings. The molecular formula is C24H34BN3O6. The molecule has 1 saturated heterocycles. The Kier molecular flexibility index (Phi) is 9.96. The number of hydrogen-bond donors (Lipinski definition) is 3. The fourth-order valence-corrected chi connectivity index (χ4v) is 3.82. The molecule has 0 bridgehead atoms. The van der Waals surface area contributed by atoms with Gasteiger partial charge in [-0.25, -0.2) is 4.79 Å². The summed E-state index contributed by atoms with van der Waals surface area (Å²) in [5.74, 6) is -0.748. The molecule has 3 N–H and O–H groups in total. The summed E-state index contributed by atoms with van der Waals surface area (Å²) in [5.41, 5.74) is 0.493. The minimum absolute atomic E-state index is 0.0563. The van der Waals surface area contributed by atoms with E-state index in [9.17, 15) is 24.9 Å².